The number of nitrogens with two attached hydrogens (primary N) is 1. The molecule has 5 nitrogen and oxygen atoms in total. The van der Waals surface area contributed by atoms with E-state index in [1.54, 1.807) is 12.1 Å². The van der Waals surface area contributed by atoms with E-state index in [2.05, 4.69) is 41.4 Å². The Morgan fingerprint density at radius 3 is 2.52 bits per heavy atom. The fourth-order valence-electron chi connectivity index (χ4n) is 2.46. The Kier molecular flexibility index (Phi) is 23.4. The summed E-state index contributed by atoms with van der Waals surface area (Å²) in [6, 6.07) is 5.12. The Morgan fingerprint density at radius 2 is 1.87 bits per heavy atom. The summed E-state index contributed by atoms with van der Waals surface area (Å²) in [5, 5.41) is 9.80. The van der Waals surface area contributed by atoms with Crippen LogP contribution in [0.1, 0.15) is 64.9 Å². The second-order valence-electron chi connectivity index (χ2n) is 6.54. The summed E-state index contributed by atoms with van der Waals surface area (Å²) in [7, 11) is 1.50. The van der Waals surface area contributed by atoms with Gasteiger partial charge in [-0.25, -0.2) is 4.79 Å². The molecule has 0 atom stereocenters. The molecule has 0 saturated carbocycles. The van der Waals surface area contributed by atoms with Crippen LogP contribution in [0.2, 0.25) is 10.0 Å². The molecule has 2 rings (SSSR count). The van der Waals surface area contributed by atoms with Crippen molar-refractivity contribution in [3.05, 3.63) is 58.2 Å². The van der Waals surface area contributed by atoms with E-state index in [1.165, 1.54) is 31.9 Å². The lowest BCUT2D eigenvalue weighted by Crippen LogP contribution is -2.35. The lowest BCUT2D eigenvalue weighted by atomic mass is 10.2. The maximum Gasteiger partial charge on any atom is 0.315 e. The molecule has 0 radical (unpaired) electrons. The quantitative estimate of drug-likeness (QED) is 0.273. The van der Waals surface area contributed by atoms with Crippen molar-refractivity contribution in [3.63, 3.8) is 0 Å². The fraction of sp³-hybridized carbons (Fsp3) is 0.542. The summed E-state index contributed by atoms with van der Waals surface area (Å²) in [5.41, 5.74) is 6.90. The third-order valence-electron chi connectivity index (χ3n) is 4.05. The standard InChI is InChI=1S/C14H18Cl2N2O.C7H13N.C2H6.CH5N/c1-2-3-4-5-8-17-14(19)18-10-11-6-7-12(15)13(16)9-11;1-7-4-2-3-5-8-6-7;2*1-2/h2,6-7,9H,1,3-5,8,10H2,(H2,17,18,19);6,8H,2-5H2,1H3;1-2H3;2H2,1H3. The number of carbonyl (C=O) groups excluding carboxylic acids is 1. The predicted molar refractivity (Wildman–Crippen MR) is 138 cm³/mol. The van der Waals surface area contributed by atoms with Crippen molar-refractivity contribution in [2.24, 2.45) is 5.73 Å². The van der Waals surface area contributed by atoms with Crippen LogP contribution in [0, 0.1) is 0 Å². The zero-order valence-electron chi connectivity index (χ0n) is 19.7. The van der Waals surface area contributed by atoms with Crippen molar-refractivity contribution in [2.75, 3.05) is 20.1 Å². The number of nitrogens with one attached hydrogen (secondary N) is 3. The van der Waals surface area contributed by atoms with Gasteiger partial charge in [-0.3, -0.25) is 0 Å². The Labute approximate surface area is 199 Å². The maximum absolute atomic E-state index is 11.5. The van der Waals surface area contributed by atoms with E-state index in [1.807, 2.05) is 26.0 Å². The van der Waals surface area contributed by atoms with Crippen LogP contribution in [0.4, 0.5) is 4.79 Å². The van der Waals surface area contributed by atoms with Crippen molar-refractivity contribution >= 4 is 29.2 Å². The molecular formula is C24H42Cl2N4O. The third kappa shape index (κ3) is 18.8. The number of benzene rings is 1. The number of hydrogen-bond acceptors (Lipinski definition) is 3. The Morgan fingerprint density at radius 1 is 1.16 bits per heavy atom. The van der Waals surface area contributed by atoms with Crippen LogP contribution in [0.25, 0.3) is 0 Å². The number of unbranched alkanes of at least 4 members (excludes halogenated alkanes) is 2. The first-order valence-electron chi connectivity index (χ1n) is 11.1. The normalized spacial score (nSPS) is 11.9. The maximum atomic E-state index is 11.5. The van der Waals surface area contributed by atoms with Gasteiger partial charge in [0, 0.05) is 19.6 Å². The zero-order chi connectivity index (χ0) is 23.9. The molecule has 2 amide bonds. The minimum atomic E-state index is -0.176. The largest absolute Gasteiger partial charge is 0.391 e. The smallest absolute Gasteiger partial charge is 0.315 e. The van der Waals surface area contributed by atoms with Crippen LogP contribution in [-0.4, -0.2) is 26.2 Å². The highest BCUT2D eigenvalue weighted by molar-refractivity contribution is 6.42. The lowest BCUT2D eigenvalue weighted by molar-refractivity contribution is 0.240. The number of hydrogen-bond donors (Lipinski definition) is 4. The topological polar surface area (TPSA) is 79.2 Å². The van der Waals surface area contributed by atoms with Gasteiger partial charge in [0.25, 0.3) is 0 Å². The number of rotatable bonds is 7. The molecular weight excluding hydrogens is 431 g/mol. The van der Waals surface area contributed by atoms with Gasteiger partial charge in [0.05, 0.1) is 10.0 Å². The molecule has 1 aliphatic heterocycles. The molecule has 7 heteroatoms. The van der Waals surface area contributed by atoms with Crippen molar-refractivity contribution in [1.82, 2.24) is 16.0 Å². The second kappa shape index (κ2) is 23.0. The molecule has 0 aliphatic carbocycles. The first-order chi connectivity index (χ1) is 15.0. The molecule has 1 aromatic rings. The molecule has 0 saturated heterocycles. The van der Waals surface area contributed by atoms with E-state index < -0.39 is 0 Å². The summed E-state index contributed by atoms with van der Waals surface area (Å²) in [5.74, 6) is 0. The molecule has 0 bridgehead atoms. The number of amides is 2. The highest BCUT2D eigenvalue weighted by Gasteiger charge is 2.02. The molecule has 0 unspecified atom stereocenters. The van der Waals surface area contributed by atoms with Crippen molar-refractivity contribution in [2.45, 2.75) is 65.8 Å². The number of halogens is 2. The van der Waals surface area contributed by atoms with Crippen LogP contribution in [0.3, 0.4) is 0 Å². The van der Waals surface area contributed by atoms with Crippen LogP contribution >= 0.6 is 23.2 Å². The van der Waals surface area contributed by atoms with Crippen molar-refractivity contribution in [1.29, 1.82) is 0 Å². The zero-order valence-corrected chi connectivity index (χ0v) is 21.2. The average molecular weight is 474 g/mol. The molecule has 0 spiro atoms. The molecule has 5 N–H and O–H groups in total. The Balaban J connectivity index is 0. The minimum Gasteiger partial charge on any atom is -0.391 e. The van der Waals surface area contributed by atoms with E-state index in [4.69, 9.17) is 23.2 Å². The van der Waals surface area contributed by atoms with Gasteiger partial charge < -0.3 is 21.7 Å². The molecule has 31 heavy (non-hydrogen) atoms. The molecule has 0 aromatic heterocycles. The van der Waals surface area contributed by atoms with Gasteiger partial charge in [0.2, 0.25) is 0 Å². The van der Waals surface area contributed by atoms with Crippen molar-refractivity contribution < 1.29 is 4.79 Å². The number of urea groups is 1. The van der Waals surface area contributed by atoms with E-state index in [9.17, 15) is 4.79 Å². The van der Waals surface area contributed by atoms with E-state index in [0.717, 1.165) is 31.4 Å². The molecule has 1 aliphatic rings. The van der Waals surface area contributed by atoms with Crippen molar-refractivity contribution in [3.8, 4) is 0 Å². The van der Waals surface area contributed by atoms with Gasteiger partial charge in [-0.05, 0) is 76.4 Å². The summed E-state index contributed by atoms with van der Waals surface area (Å²) < 4.78 is 0. The van der Waals surface area contributed by atoms with E-state index in [0.29, 0.717) is 23.1 Å². The summed E-state index contributed by atoms with van der Waals surface area (Å²) in [6.45, 7) is 12.1. The van der Waals surface area contributed by atoms with Crippen LogP contribution in [0.5, 0.6) is 0 Å². The average Bonchev–Trinajstić information content (AvgIpc) is 3.05. The van der Waals surface area contributed by atoms with Crippen LogP contribution in [0.15, 0.2) is 42.6 Å². The molecule has 1 heterocycles. The predicted octanol–water partition coefficient (Wildman–Crippen LogP) is 6.41. The molecule has 178 valence electrons. The van der Waals surface area contributed by atoms with Crippen LogP contribution in [-0.2, 0) is 6.54 Å². The lowest BCUT2D eigenvalue weighted by Gasteiger charge is -2.08. The van der Waals surface area contributed by atoms with Gasteiger partial charge in [0.15, 0.2) is 0 Å². The minimum absolute atomic E-state index is 0.176. The van der Waals surface area contributed by atoms with E-state index in [-0.39, 0.29) is 6.03 Å². The van der Waals surface area contributed by atoms with E-state index >= 15 is 0 Å². The molecule has 0 fully saturated rings. The summed E-state index contributed by atoms with van der Waals surface area (Å²) in [4.78, 5) is 11.5. The van der Waals surface area contributed by atoms with Gasteiger partial charge >= 0.3 is 6.03 Å². The third-order valence-corrected chi connectivity index (χ3v) is 4.79. The summed E-state index contributed by atoms with van der Waals surface area (Å²) >= 11 is 11.7. The number of carbonyl (C=O) groups is 1. The SMILES string of the molecule is C=CCCCCNC(=O)NCc1ccc(Cl)c(Cl)c1.CC.CC1=CNCCCC1.CN. The first-order valence-corrected chi connectivity index (χ1v) is 11.8. The Hall–Kier alpha value is -1.69. The number of allylic oxidation sites excluding steroid dienone is 2. The summed E-state index contributed by atoms with van der Waals surface area (Å²) in [6.07, 6.45) is 10.9. The highest BCUT2D eigenvalue weighted by atomic mass is 35.5. The van der Waals surface area contributed by atoms with Gasteiger partial charge in [-0.15, -0.1) is 6.58 Å². The second-order valence-corrected chi connectivity index (χ2v) is 7.36. The Bertz CT molecular complexity index is 622. The fourth-order valence-corrected chi connectivity index (χ4v) is 2.78. The highest BCUT2D eigenvalue weighted by Crippen LogP contribution is 2.22. The molecule has 1 aromatic carbocycles. The van der Waals surface area contributed by atoms with Gasteiger partial charge in [-0.2, -0.15) is 0 Å². The van der Waals surface area contributed by atoms with Crippen LogP contribution < -0.4 is 21.7 Å². The van der Waals surface area contributed by atoms with Gasteiger partial charge in [0.1, 0.15) is 0 Å². The van der Waals surface area contributed by atoms with Gasteiger partial charge in [-0.1, -0.05) is 54.8 Å². The first kappa shape index (κ1) is 31.5. The monoisotopic (exact) mass is 472 g/mol.